The summed E-state index contributed by atoms with van der Waals surface area (Å²) in [5.74, 6) is 1.06. The summed E-state index contributed by atoms with van der Waals surface area (Å²) in [4.78, 5) is 12.8. The molecule has 0 aliphatic carbocycles. The van der Waals surface area contributed by atoms with E-state index >= 15 is 0 Å². The molecule has 0 radical (unpaired) electrons. The van der Waals surface area contributed by atoms with Gasteiger partial charge in [0.2, 0.25) is 21.1 Å². The Hall–Kier alpha value is -2.24. The van der Waals surface area contributed by atoms with Gasteiger partial charge in [0.15, 0.2) is 11.5 Å². The van der Waals surface area contributed by atoms with Gasteiger partial charge in [-0.2, -0.15) is 4.31 Å². The average Bonchev–Trinajstić information content (AvgIpc) is 3.19. The fourth-order valence-electron chi connectivity index (χ4n) is 3.63. The van der Waals surface area contributed by atoms with Crippen LogP contribution in [0.4, 0.5) is 5.13 Å². The van der Waals surface area contributed by atoms with Crippen LogP contribution in [0.15, 0.2) is 23.1 Å². The second-order valence-corrected chi connectivity index (χ2v) is 11.1. The number of fused-ring (bicyclic) bond motifs is 1. The van der Waals surface area contributed by atoms with E-state index < -0.39 is 10.0 Å². The first kappa shape index (κ1) is 22.0. The summed E-state index contributed by atoms with van der Waals surface area (Å²) in [6.45, 7) is 5.61. The van der Waals surface area contributed by atoms with Crippen molar-refractivity contribution in [3.63, 3.8) is 0 Å². The minimum atomic E-state index is -3.67. The lowest BCUT2D eigenvalue weighted by Crippen LogP contribution is -2.41. The van der Waals surface area contributed by atoms with Gasteiger partial charge in [0.1, 0.15) is 18.2 Å². The number of nitrogens with one attached hydrogen (secondary N) is 1. The molecule has 0 saturated carbocycles. The molecule has 2 aromatic rings. The normalized spacial score (nSPS) is 17.6. The molecule has 0 atom stereocenters. The molecular weight excluding hydrogens is 440 g/mol. The molecule has 9 nitrogen and oxygen atoms in total. The highest BCUT2D eigenvalue weighted by molar-refractivity contribution is 7.89. The van der Waals surface area contributed by atoms with Gasteiger partial charge in [0.25, 0.3) is 0 Å². The van der Waals surface area contributed by atoms with Crippen LogP contribution in [-0.2, 0) is 21.2 Å². The van der Waals surface area contributed by atoms with Crippen molar-refractivity contribution in [2.75, 3.05) is 31.6 Å². The van der Waals surface area contributed by atoms with Crippen molar-refractivity contribution in [3.8, 4) is 11.5 Å². The van der Waals surface area contributed by atoms with E-state index in [1.807, 2.05) is 0 Å². The highest BCUT2D eigenvalue weighted by Crippen LogP contribution is 2.34. The molecule has 168 valence electrons. The molecule has 2 aliphatic rings. The van der Waals surface area contributed by atoms with Crippen LogP contribution in [0.3, 0.4) is 0 Å². The SMILES string of the molecule is CC(C)Cc1nnc(NC(=O)C2CCN(S(=O)(=O)c3ccc4c(c3)OCCO4)CC2)s1. The molecule has 11 heteroatoms. The Morgan fingerprint density at radius 3 is 2.61 bits per heavy atom. The predicted molar refractivity (Wildman–Crippen MR) is 116 cm³/mol. The van der Waals surface area contributed by atoms with E-state index in [-0.39, 0.29) is 29.8 Å². The highest BCUT2D eigenvalue weighted by Gasteiger charge is 2.33. The lowest BCUT2D eigenvalue weighted by atomic mass is 9.97. The number of rotatable bonds is 6. The smallest absolute Gasteiger partial charge is 0.243 e. The minimum Gasteiger partial charge on any atom is -0.486 e. The molecule has 1 amide bonds. The third kappa shape index (κ3) is 4.99. The van der Waals surface area contributed by atoms with E-state index in [0.29, 0.717) is 48.6 Å². The van der Waals surface area contributed by atoms with Crippen LogP contribution in [0.2, 0.25) is 0 Å². The summed E-state index contributed by atoms with van der Waals surface area (Å²) >= 11 is 1.38. The third-order valence-electron chi connectivity index (χ3n) is 5.26. The summed E-state index contributed by atoms with van der Waals surface area (Å²) in [6.07, 6.45) is 1.73. The van der Waals surface area contributed by atoms with E-state index in [0.717, 1.165) is 11.4 Å². The highest BCUT2D eigenvalue weighted by atomic mass is 32.2. The molecule has 0 spiro atoms. The van der Waals surface area contributed by atoms with Crippen molar-refractivity contribution in [1.29, 1.82) is 0 Å². The van der Waals surface area contributed by atoms with Gasteiger partial charge in [0.05, 0.1) is 4.90 Å². The zero-order valence-corrected chi connectivity index (χ0v) is 19.2. The van der Waals surface area contributed by atoms with Crippen LogP contribution in [0, 0.1) is 11.8 Å². The van der Waals surface area contributed by atoms with Crippen LogP contribution >= 0.6 is 11.3 Å². The molecule has 2 aliphatic heterocycles. The number of aromatic nitrogens is 2. The zero-order valence-electron chi connectivity index (χ0n) is 17.5. The fraction of sp³-hybridized carbons (Fsp3) is 0.550. The number of carbonyl (C=O) groups excluding carboxylic acids is 1. The van der Waals surface area contributed by atoms with Crippen molar-refractivity contribution in [3.05, 3.63) is 23.2 Å². The van der Waals surface area contributed by atoms with E-state index in [2.05, 4.69) is 29.4 Å². The van der Waals surface area contributed by atoms with Crippen LogP contribution in [0.25, 0.3) is 0 Å². The molecule has 1 saturated heterocycles. The Kier molecular flexibility index (Phi) is 6.44. The summed E-state index contributed by atoms with van der Waals surface area (Å²) in [7, 11) is -3.67. The van der Waals surface area contributed by atoms with Crippen LogP contribution in [0.5, 0.6) is 11.5 Å². The van der Waals surface area contributed by atoms with Crippen LogP contribution in [0.1, 0.15) is 31.7 Å². The molecule has 1 aromatic heterocycles. The first-order chi connectivity index (χ1) is 14.8. The molecule has 0 unspecified atom stereocenters. The number of carbonyl (C=O) groups is 1. The predicted octanol–water partition coefficient (Wildman–Crippen LogP) is 2.55. The number of anilines is 1. The lowest BCUT2D eigenvalue weighted by molar-refractivity contribution is -0.120. The van der Waals surface area contributed by atoms with E-state index in [1.54, 1.807) is 6.07 Å². The summed E-state index contributed by atoms with van der Waals surface area (Å²) in [5, 5.41) is 12.4. The number of amides is 1. The standard InChI is InChI=1S/C20H26N4O5S2/c1-13(2)11-18-22-23-20(30-18)21-19(25)14-5-7-24(8-6-14)31(26,27)15-3-4-16-17(12-15)29-10-9-28-16/h3-4,12-14H,5-11H2,1-2H3,(H,21,23,25). The Labute approximate surface area is 185 Å². The van der Waals surface area contributed by atoms with Gasteiger partial charge >= 0.3 is 0 Å². The van der Waals surface area contributed by atoms with E-state index in [1.165, 1.54) is 27.8 Å². The maximum Gasteiger partial charge on any atom is 0.243 e. The van der Waals surface area contributed by atoms with Crippen molar-refractivity contribution < 1.29 is 22.7 Å². The molecule has 4 rings (SSSR count). The average molecular weight is 467 g/mol. The van der Waals surface area contributed by atoms with Gasteiger partial charge < -0.3 is 14.8 Å². The number of ether oxygens (including phenoxy) is 2. The summed E-state index contributed by atoms with van der Waals surface area (Å²) in [6, 6.07) is 4.66. The second-order valence-electron chi connectivity index (χ2n) is 8.07. The Balaban J connectivity index is 1.35. The van der Waals surface area contributed by atoms with Crippen molar-refractivity contribution >= 4 is 32.4 Å². The van der Waals surface area contributed by atoms with Gasteiger partial charge in [-0.25, -0.2) is 8.42 Å². The molecule has 3 heterocycles. The number of hydrogen-bond donors (Lipinski definition) is 1. The van der Waals surface area contributed by atoms with Crippen molar-refractivity contribution in [1.82, 2.24) is 14.5 Å². The lowest BCUT2D eigenvalue weighted by Gasteiger charge is -2.30. The minimum absolute atomic E-state index is 0.136. The van der Waals surface area contributed by atoms with Crippen molar-refractivity contribution in [2.24, 2.45) is 11.8 Å². The van der Waals surface area contributed by atoms with Gasteiger partial charge in [-0.1, -0.05) is 25.2 Å². The second kappa shape index (κ2) is 9.09. The Bertz CT molecular complexity index is 1050. The van der Waals surface area contributed by atoms with Gasteiger partial charge in [-0.05, 0) is 30.9 Å². The fourth-order valence-corrected chi connectivity index (χ4v) is 6.08. The first-order valence-electron chi connectivity index (χ1n) is 10.4. The molecular formula is C20H26N4O5S2. The Morgan fingerprint density at radius 2 is 1.90 bits per heavy atom. The van der Waals surface area contributed by atoms with Crippen LogP contribution < -0.4 is 14.8 Å². The number of sulfonamides is 1. The largest absolute Gasteiger partial charge is 0.486 e. The Morgan fingerprint density at radius 1 is 1.19 bits per heavy atom. The quantitative estimate of drug-likeness (QED) is 0.696. The first-order valence-corrected chi connectivity index (χ1v) is 12.6. The van der Waals surface area contributed by atoms with Crippen molar-refractivity contribution in [2.45, 2.75) is 38.0 Å². The number of piperidine rings is 1. The number of hydrogen-bond acceptors (Lipinski definition) is 8. The van der Waals surface area contributed by atoms with Gasteiger partial charge in [0, 0.05) is 31.5 Å². The monoisotopic (exact) mass is 466 g/mol. The van der Waals surface area contributed by atoms with Gasteiger partial charge in [-0.15, -0.1) is 10.2 Å². The third-order valence-corrected chi connectivity index (χ3v) is 8.01. The maximum absolute atomic E-state index is 13.0. The van der Waals surface area contributed by atoms with Gasteiger partial charge in [-0.3, -0.25) is 4.79 Å². The zero-order chi connectivity index (χ0) is 22.0. The molecule has 1 fully saturated rings. The molecule has 1 aromatic carbocycles. The topological polar surface area (TPSA) is 111 Å². The maximum atomic E-state index is 13.0. The molecule has 1 N–H and O–H groups in total. The van der Waals surface area contributed by atoms with Crippen LogP contribution in [-0.4, -0.2) is 55.1 Å². The molecule has 31 heavy (non-hydrogen) atoms. The number of benzene rings is 1. The van der Waals surface area contributed by atoms with E-state index in [4.69, 9.17) is 9.47 Å². The molecule has 0 bridgehead atoms. The summed E-state index contributed by atoms with van der Waals surface area (Å²) in [5.41, 5.74) is 0. The summed E-state index contributed by atoms with van der Waals surface area (Å²) < 4.78 is 38.5. The number of nitrogens with zero attached hydrogens (tertiary/aromatic N) is 3. The van der Waals surface area contributed by atoms with E-state index in [9.17, 15) is 13.2 Å².